The summed E-state index contributed by atoms with van der Waals surface area (Å²) in [6.45, 7) is 3.51. The fraction of sp³-hybridized carbons (Fsp3) is 0.273. The molecule has 0 aromatic heterocycles. The van der Waals surface area contributed by atoms with E-state index in [4.69, 9.17) is 10.00 Å². The minimum Gasteiger partial charge on any atom is -0.467 e. The van der Waals surface area contributed by atoms with Crippen molar-refractivity contribution in [2.45, 2.75) is 13.8 Å². The molecule has 0 aromatic rings. The number of carbonyl (C=O) groups is 1. The van der Waals surface area contributed by atoms with Gasteiger partial charge in [0.2, 0.25) is 0 Å². The maximum atomic E-state index is 11.3. The van der Waals surface area contributed by atoms with Gasteiger partial charge in [-0.2, -0.15) is 5.26 Å². The molecule has 0 spiro atoms. The number of ether oxygens (including phenoxy) is 2. The maximum Gasteiger partial charge on any atom is 0.349 e. The molecule has 78 valence electrons. The molecule has 0 N–H and O–H groups in total. The van der Waals surface area contributed by atoms with Crippen LogP contribution in [-0.2, 0) is 14.3 Å². The average Bonchev–Trinajstić information content (AvgIpc) is 2.17. The van der Waals surface area contributed by atoms with Gasteiger partial charge in [0.05, 0.1) is 7.11 Å². The van der Waals surface area contributed by atoms with Gasteiger partial charge < -0.3 is 9.47 Å². The molecule has 0 radical (unpaired) electrons. The van der Waals surface area contributed by atoms with Crippen molar-refractivity contribution in [3.05, 3.63) is 34.8 Å². The molecular formula is C11H11NO3. The third-order valence-corrected chi connectivity index (χ3v) is 1.83. The van der Waals surface area contributed by atoms with Crippen LogP contribution in [-0.4, -0.2) is 13.1 Å². The van der Waals surface area contributed by atoms with Gasteiger partial charge in [-0.15, -0.1) is 0 Å². The molecule has 1 aliphatic rings. The lowest BCUT2D eigenvalue weighted by molar-refractivity contribution is -0.135. The van der Waals surface area contributed by atoms with E-state index < -0.39 is 5.97 Å². The van der Waals surface area contributed by atoms with Crippen molar-refractivity contribution in [3.63, 3.8) is 0 Å². The first-order valence-corrected chi connectivity index (χ1v) is 4.35. The summed E-state index contributed by atoms with van der Waals surface area (Å²) in [5, 5.41) is 8.84. The molecular weight excluding hydrogens is 194 g/mol. The van der Waals surface area contributed by atoms with Crippen molar-refractivity contribution in [2.24, 2.45) is 0 Å². The molecule has 15 heavy (non-hydrogen) atoms. The Labute approximate surface area is 88.1 Å². The summed E-state index contributed by atoms with van der Waals surface area (Å²) in [5.41, 5.74) is 0.505. The zero-order valence-electron chi connectivity index (χ0n) is 8.83. The lowest BCUT2D eigenvalue weighted by Crippen LogP contribution is -2.07. The molecule has 1 aliphatic heterocycles. The van der Waals surface area contributed by atoms with Crippen molar-refractivity contribution in [1.29, 1.82) is 5.26 Å². The third kappa shape index (κ3) is 2.47. The summed E-state index contributed by atoms with van der Waals surface area (Å²) in [7, 11) is 1.24. The highest BCUT2D eigenvalue weighted by molar-refractivity contribution is 5.94. The second-order valence-corrected chi connectivity index (χ2v) is 3.05. The summed E-state index contributed by atoms with van der Waals surface area (Å²) < 4.78 is 9.76. The Morgan fingerprint density at radius 2 is 1.93 bits per heavy atom. The van der Waals surface area contributed by atoms with Crippen LogP contribution in [0.15, 0.2) is 34.8 Å². The summed E-state index contributed by atoms with van der Waals surface area (Å²) >= 11 is 0. The van der Waals surface area contributed by atoms with Gasteiger partial charge in [-0.25, -0.2) is 4.79 Å². The van der Waals surface area contributed by atoms with Gasteiger partial charge in [0, 0.05) is 5.57 Å². The summed E-state index contributed by atoms with van der Waals surface area (Å²) in [5.74, 6) is 0.644. The second kappa shape index (κ2) is 4.47. The van der Waals surface area contributed by atoms with Gasteiger partial charge >= 0.3 is 5.97 Å². The number of esters is 1. The van der Waals surface area contributed by atoms with Crippen LogP contribution in [0.2, 0.25) is 0 Å². The van der Waals surface area contributed by atoms with Crippen LogP contribution in [0.5, 0.6) is 0 Å². The fourth-order valence-electron chi connectivity index (χ4n) is 1.27. The van der Waals surface area contributed by atoms with Crippen LogP contribution in [0.25, 0.3) is 0 Å². The standard InChI is InChI=1S/C11H11NO3/c1-7-4-9(5-8(2)15-7)10(6-12)11(13)14-3/h4-5H,1-3H3. The molecule has 0 fully saturated rings. The first-order valence-electron chi connectivity index (χ1n) is 4.35. The molecule has 0 saturated heterocycles. The number of allylic oxidation sites excluding steroid dienone is 5. The number of hydrogen-bond donors (Lipinski definition) is 0. The molecule has 4 nitrogen and oxygen atoms in total. The van der Waals surface area contributed by atoms with E-state index in [1.54, 1.807) is 26.0 Å². The van der Waals surface area contributed by atoms with Crippen LogP contribution >= 0.6 is 0 Å². The maximum absolute atomic E-state index is 11.3. The minimum atomic E-state index is -0.637. The SMILES string of the molecule is COC(=O)C(C#N)=C1C=C(C)OC(C)=C1. The van der Waals surface area contributed by atoms with Crippen LogP contribution < -0.4 is 0 Å². The predicted molar refractivity (Wildman–Crippen MR) is 53.3 cm³/mol. The summed E-state index contributed by atoms with van der Waals surface area (Å²) in [6, 6.07) is 1.82. The van der Waals surface area contributed by atoms with Gasteiger partial charge in [0.1, 0.15) is 23.2 Å². The number of methoxy groups -OCH3 is 1. The first-order chi connectivity index (χ1) is 7.08. The Balaban J connectivity index is 3.23. The van der Waals surface area contributed by atoms with Crippen molar-refractivity contribution < 1.29 is 14.3 Å². The molecule has 1 heterocycles. The minimum absolute atomic E-state index is 0.0144. The highest BCUT2D eigenvalue weighted by atomic mass is 16.5. The molecule has 0 aromatic carbocycles. The van der Waals surface area contributed by atoms with Gasteiger partial charge in [-0.05, 0) is 26.0 Å². The van der Waals surface area contributed by atoms with E-state index in [2.05, 4.69) is 4.74 Å². The van der Waals surface area contributed by atoms with Gasteiger partial charge in [-0.1, -0.05) is 0 Å². The molecule has 0 aliphatic carbocycles. The zero-order valence-corrected chi connectivity index (χ0v) is 8.83. The highest BCUT2D eigenvalue weighted by Gasteiger charge is 2.16. The van der Waals surface area contributed by atoms with Gasteiger partial charge in [0.15, 0.2) is 0 Å². The molecule has 0 amide bonds. The largest absolute Gasteiger partial charge is 0.467 e. The van der Waals surface area contributed by atoms with E-state index in [0.29, 0.717) is 17.1 Å². The molecule has 4 heteroatoms. The zero-order chi connectivity index (χ0) is 11.4. The molecule has 0 bridgehead atoms. The van der Waals surface area contributed by atoms with Crippen molar-refractivity contribution >= 4 is 5.97 Å². The van der Waals surface area contributed by atoms with Crippen LogP contribution in [0.1, 0.15) is 13.8 Å². The predicted octanol–water partition coefficient (Wildman–Crippen LogP) is 1.82. The average molecular weight is 205 g/mol. The second-order valence-electron chi connectivity index (χ2n) is 3.05. The van der Waals surface area contributed by atoms with Crippen LogP contribution in [0.3, 0.4) is 0 Å². The number of nitriles is 1. The van der Waals surface area contributed by atoms with E-state index in [-0.39, 0.29) is 5.57 Å². The quantitative estimate of drug-likeness (QED) is 0.372. The number of carbonyl (C=O) groups excluding carboxylic acids is 1. The summed E-state index contributed by atoms with van der Waals surface area (Å²) in [4.78, 5) is 11.3. The topological polar surface area (TPSA) is 59.3 Å². The fourth-order valence-corrected chi connectivity index (χ4v) is 1.27. The Morgan fingerprint density at radius 3 is 2.33 bits per heavy atom. The van der Waals surface area contributed by atoms with Crippen molar-refractivity contribution in [3.8, 4) is 6.07 Å². The number of hydrogen-bond acceptors (Lipinski definition) is 4. The Bertz CT molecular complexity index is 402. The smallest absolute Gasteiger partial charge is 0.349 e. The lowest BCUT2D eigenvalue weighted by atomic mass is 10.1. The van der Waals surface area contributed by atoms with Crippen LogP contribution in [0.4, 0.5) is 0 Å². The van der Waals surface area contributed by atoms with E-state index >= 15 is 0 Å². The molecule has 0 atom stereocenters. The Kier molecular flexibility index (Phi) is 3.29. The number of rotatable bonds is 1. The summed E-state index contributed by atoms with van der Waals surface area (Å²) in [6.07, 6.45) is 3.25. The molecule has 0 saturated carbocycles. The van der Waals surface area contributed by atoms with Crippen molar-refractivity contribution in [2.75, 3.05) is 7.11 Å². The first kappa shape index (κ1) is 11.1. The molecule has 0 unspecified atom stereocenters. The third-order valence-electron chi connectivity index (χ3n) is 1.83. The van der Waals surface area contributed by atoms with E-state index in [1.165, 1.54) is 7.11 Å². The normalized spacial score (nSPS) is 14.4. The monoisotopic (exact) mass is 205 g/mol. The Morgan fingerprint density at radius 1 is 1.40 bits per heavy atom. The Hall–Kier alpha value is -2.02. The van der Waals surface area contributed by atoms with E-state index in [0.717, 1.165) is 0 Å². The van der Waals surface area contributed by atoms with Gasteiger partial charge in [0.25, 0.3) is 0 Å². The lowest BCUT2D eigenvalue weighted by Gasteiger charge is -2.12. The van der Waals surface area contributed by atoms with Gasteiger partial charge in [-0.3, -0.25) is 0 Å². The van der Waals surface area contributed by atoms with E-state index in [1.807, 2.05) is 6.07 Å². The highest BCUT2D eigenvalue weighted by Crippen LogP contribution is 2.21. The number of nitrogens with zero attached hydrogens (tertiary/aromatic N) is 1. The van der Waals surface area contributed by atoms with Crippen LogP contribution in [0, 0.1) is 11.3 Å². The van der Waals surface area contributed by atoms with Crippen molar-refractivity contribution in [1.82, 2.24) is 0 Å². The molecule has 1 rings (SSSR count). The van der Waals surface area contributed by atoms with E-state index in [9.17, 15) is 4.79 Å².